The normalized spacial score (nSPS) is 18.6. The predicted molar refractivity (Wildman–Crippen MR) is 140 cm³/mol. The van der Waals surface area contributed by atoms with Crippen LogP contribution in [0, 0.1) is 0 Å². The molecule has 2 aliphatic rings. The van der Waals surface area contributed by atoms with E-state index in [4.69, 9.17) is 16.6 Å². The summed E-state index contributed by atoms with van der Waals surface area (Å²) in [4.78, 5) is 27.6. The van der Waals surface area contributed by atoms with Crippen LogP contribution in [0.2, 0.25) is 5.02 Å². The number of carbonyl (C=O) groups excluding carboxylic acids is 1. The first kappa shape index (κ1) is 23.5. The molecule has 0 bridgehead atoms. The molecule has 2 fully saturated rings. The van der Waals surface area contributed by atoms with Crippen molar-refractivity contribution in [2.75, 3.05) is 45.6 Å². The number of nitrogens with one attached hydrogen (secondary N) is 2. The van der Waals surface area contributed by atoms with E-state index in [-0.39, 0.29) is 5.91 Å². The molecule has 7 nitrogen and oxygen atoms in total. The summed E-state index contributed by atoms with van der Waals surface area (Å²) < 4.78 is 1.05. The van der Waals surface area contributed by atoms with Crippen molar-refractivity contribution < 1.29 is 4.79 Å². The van der Waals surface area contributed by atoms with Gasteiger partial charge in [-0.05, 0) is 71.1 Å². The molecule has 34 heavy (non-hydrogen) atoms. The van der Waals surface area contributed by atoms with Crippen LogP contribution in [0.3, 0.4) is 0 Å². The van der Waals surface area contributed by atoms with Gasteiger partial charge >= 0.3 is 0 Å². The highest BCUT2D eigenvalue weighted by Gasteiger charge is 2.25. The van der Waals surface area contributed by atoms with E-state index >= 15 is 0 Å². The van der Waals surface area contributed by atoms with Gasteiger partial charge in [-0.25, -0.2) is 9.97 Å². The van der Waals surface area contributed by atoms with Crippen molar-refractivity contribution in [1.82, 2.24) is 25.1 Å². The lowest BCUT2D eigenvalue weighted by Crippen LogP contribution is -2.32. The average molecular weight is 499 g/mol. The number of likely N-dealkylation sites (N-methyl/N-ethyl adjacent to an activating group) is 1. The van der Waals surface area contributed by atoms with Gasteiger partial charge in [0.25, 0.3) is 5.91 Å². The van der Waals surface area contributed by atoms with E-state index in [1.165, 1.54) is 6.42 Å². The number of benzene rings is 1. The summed E-state index contributed by atoms with van der Waals surface area (Å²) in [5.74, 6) is 0.569. The molecule has 3 heterocycles. The molecule has 9 heteroatoms. The number of thiophene rings is 1. The number of hydrogen-bond donors (Lipinski definition) is 2. The molecule has 0 radical (unpaired) electrons. The minimum atomic E-state index is -0.0107. The van der Waals surface area contributed by atoms with Gasteiger partial charge in [0.2, 0.25) is 5.95 Å². The lowest BCUT2D eigenvalue weighted by Gasteiger charge is -2.20. The molecule has 180 valence electrons. The van der Waals surface area contributed by atoms with Gasteiger partial charge in [-0.2, -0.15) is 0 Å². The standard InChI is InChI=1S/C25H31ClN6OS/c1-31(2)17-9-12-32(15-17)11-4-10-27-25-28-14-20(26)23(30-25)22-13-19-18(5-3-6-21(19)34-22)24(33)29-16-7-8-16/h3,5-6,13-14,16-17H,4,7-12,15H2,1-2H3,(H,29,33)(H,27,28,30)/t17-/m0/s1. The largest absolute Gasteiger partial charge is 0.354 e. The van der Waals surface area contributed by atoms with Crippen LogP contribution in [0.25, 0.3) is 20.7 Å². The summed E-state index contributed by atoms with van der Waals surface area (Å²) in [6, 6.07) is 8.85. The van der Waals surface area contributed by atoms with E-state index in [2.05, 4.69) is 39.5 Å². The maximum Gasteiger partial charge on any atom is 0.252 e. The first-order valence-electron chi connectivity index (χ1n) is 12.0. The Morgan fingerprint density at radius 1 is 1.29 bits per heavy atom. The second kappa shape index (κ2) is 10.2. The third-order valence-corrected chi connectivity index (χ3v) is 7.99. The lowest BCUT2D eigenvalue weighted by atomic mass is 10.1. The number of anilines is 1. The van der Waals surface area contributed by atoms with E-state index in [1.54, 1.807) is 17.5 Å². The number of hydrogen-bond acceptors (Lipinski definition) is 7. The zero-order chi connectivity index (χ0) is 23.7. The molecule has 1 aliphatic heterocycles. The molecule has 1 aliphatic carbocycles. The van der Waals surface area contributed by atoms with E-state index in [0.29, 0.717) is 34.3 Å². The Balaban J connectivity index is 1.25. The number of carbonyl (C=O) groups is 1. The van der Waals surface area contributed by atoms with Crippen molar-refractivity contribution >= 4 is 44.9 Å². The number of likely N-dealkylation sites (tertiary alicyclic amines) is 1. The molecule has 0 unspecified atom stereocenters. The number of rotatable bonds is 9. The molecule has 1 amide bonds. The van der Waals surface area contributed by atoms with Gasteiger partial charge in [-0.3, -0.25) is 4.79 Å². The molecule has 1 aromatic carbocycles. The van der Waals surface area contributed by atoms with Crippen LogP contribution in [-0.4, -0.2) is 78.0 Å². The SMILES string of the molecule is CN(C)[C@H]1CCN(CCCNc2ncc(Cl)c(-c3cc4c(C(=O)NC5CC5)cccc4s3)n2)C1. The number of nitrogens with zero attached hydrogens (tertiary/aromatic N) is 4. The summed E-state index contributed by atoms with van der Waals surface area (Å²) in [7, 11) is 4.32. The molecule has 3 aromatic rings. The summed E-state index contributed by atoms with van der Waals surface area (Å²) >= 11 is 8.08. The maximum absolute atomic E-state index is 12.7. The van der Waals surface area contributed by atoms with Crippen LogP contribution in [0.1, 0.15) is 36.0 Å². The zero-order valence-electron chi connectivity index (χ0n) is 19.7. The highest BCUT2D eigenvalue weighted by atomic mass is 35.5. The quantitative estimate of drug-likeness (QED) is 0.427. The van der Waals surface area contributed by atoms with E-state index in [9.17, 15) is 4.79 Å². The summed E-state index contributed by atoms with van der Waals surface area (Å²) in [5.41, 5.74) is 1.40. The predicted octanol–water partition coefficient (Wildman–Crippen LogP) is 4.34. The van der Waals surface area contributed by atoms with Gasteiger partial charge in [0.05, 0.1) is 16.1 Å². The Labute approximate surface area is 209 Å². The molecule has 1 atom stereocenters. The molecular formula is C25H31ClN6OS. The fourth-order valence-corrected chi connectivity index (χ4v) is 5.77. The van der Waals surface area contributed by atoms with Crippen LogP contribution < -0.4 is 10.6 Å². The molecule has 2 N–H and O–H groups in total. The van der Waals surface area contributed by atoms with Crippen LogP contribution in [0.4, 0.5) is 5.95 Å². The van der Waals surface area contributed by atoms with Gasteiger partial charge < -0.3 is 20.4 Å². The van der Waals surface area contributed by atoms with Crippen molar-refractivity contribution in [2.45, 2.75) is 37.8 Å². The fourth-order valence-electron chi connectivity index (χ4n) is 4.43. The third-order valence-electron chi connectivity index (χ3n) is 6.61. The van der Waals surface area contributed by atoms with Crippen LogP contribution in [-0.2, 0) is 0 Å². The number of fused-ring (bicyclic) bond motifs is 1. The van der Waals surface area contributed by atoms with Gasteiger partial charge in [-0.15, -0.1) is 11.3 Å². The van der Waals surface area contributed by atoms with Gasteiger partial charge in [-0.1, -0.05) is 17.7 Å². The first-order chi connectivity index (χ1) is 16.5. The van der Waals surface area contributed by atoms with Gasteiger partial charge in [0.1, 0.15) is 5.69 Å². The Hall–Kier alpha value is -2.26. The summed E-state index contributed by atoms with van der Waals surface area (Å²) in [6.45, 7) is 4.18. The second-order valence-corrected chi connectivity index (χ2v) is 10.9. The first-order valence-corrected chi connectivity index (χ1v) is 13.2. The average Bonchev–Trinajstić information content (AvgIpc) is 3.32. The second-order valence-electron chi connectivity index (χ2n) is 9.45. The van der Waals surface area contributed by atoms with Crippen molar-refractivity contribution in [1.29, 1.82) is 0 Å². The summed E-state index contributed by atoms with van der Waals surface area (Å²) in [6.07, 6.45) is 6.06. The Kier molecular flexibility index (Phi) is 7.01. The molecular weight excluding hydrogens is 468 g/mol. The Morgan fingerprint density at radius 2 is 2.15 bits per heavy atom. The topological polar surface area (TPSA) is 73.4 Å². The maximum atomic E-state index is 12.7. The van der Waals surface area contributed by atoms with Crippen molar-refractivity contribution in [3.05, 3.63) is 41.0 Å². The van der Waals surface area contributed by atoms with Crippen molar-refractivity contribution in [3.63, 3.8) is 0 Å². The van der Waals surface area contributed by atoms with Crippen LogP contribution in [0.5, 0.6) is 0 Å². The number of halogens is 1. The molecule has 1 saturated carbocycles. The highest BCUT2D eigenvalue weighted by Crippen LogP contribution is 2.37. The summed E-state index contributed by atoms with van der Waals surface area (Å²) in [5, 5.41) is 7.88. The van der Waals surface area contributed by atoms with Gasteiger partial charge in [0, 0.05) is 40.8 Å². The monoisotopic (exact) mass is 498 g/mol. The van der Waals surface area contributed by atoms with Gasteiger partial charge in [0.15, 0.2) is 0 Å². The van der Waals surface area contributed by atoms with Crippen LogP contribution >= 0.6 is 22.9 Å². The Bertz CT molecular complexity index is 1180. The van der Waals surface area contributed by atoms with Crippen LogP contribution in [0.15, 0.2) is 30.5 Å². The highest BCUT2D eigenvalue weighted by molar-refractivity contribution is 7.22. The Morgan fingerprint density at radius 3 is 2.91 bits per heavy atom. The minimum absolute atomic E-state index is 0.0107. The molecule has 5 rings (SSSR count). The lowest BCUT2D eigenvalue weighted by molar-refractivity contribution is 0.0953. The van der Waals surface area contributed by atoms with Crippen molar-refractivity contribution in [2.24, 2.45) is 0 Å². The van der Waals surface area contributed by atoms with E-state index < -0.39 is 0 Å². The molecule has 2 aromatic heterocycles. The third kappa shape index (κ3) is 5.35. The van der Waals surface area contributed by atoms with E-state index in [1.807, 2.05) is 24.3 Å². The molecule has 0 spiro atoms. The fraction of sp³-hybridized carbons (Fsp3) is 0.480. The van der Waals surface area contributed by atoms with Crippen molar-refractivity contribution in [3.8, 4) is 10.6 Å². The smallest absolute Gasteiger partial charge is 0.252 e. The molecule has 1 saturated heterocycles. The zero-order valence-corrected chi connectivity index (χ0v) is 21.3. The van der Waals surface area contributed by atoms with E-state index in [0.717, 1.165) is 60.4 Å². The number of amides is 1. The number of aromatic nitrogens is 2. The minimum Gasteiger partial charge on any atom is -0.354 e.